The van der Waals surface area contributed by atoms with Gasteiger partial charge in [-0.2, -0.15) is 9.57 Å². The Morgan fingerprint density at radius 3 is 2.85 bits per heavy atom. The Labute approximate surface area is 119 Å². The molecular weight excluding hydrogens is 276 g/mol. The molecule has 108 valence electrons. The summed E-state index contributed by atoms with van der Waals surface area (Å²) < 4.78 is 26.5. The van der Waals surface area contributed by atoms with Crippen molar-refractivity contribution in [3.8, 4) is 6.07 Å². The van der Waals surface area contributed by atoms with Gasteiger partial charge in [0.2, 0.25) is 10.0 Å². The van der Waals surface area contributed by atoms with Gasteiger partial charge in [0.15, 0.2) is 0 Å². The third-order valence-electron chi connectivity index (χ3n) is 3.77. The van der Waals surface area contributed by atoms with E-state index in [1.807, 2.05) is 13.0 Å². The first-order chi connectivity index (χ1) is 9.48. The van der Waals surface area contributed by atoms with Crippen LogP contribution in [-0.2, 0) is 10.0 Å². The van der Waals surface area contributed by atoms with E-state index in [1.165, 1.54) is 22.6 Å². The van der Waals surface area contributed by atoms with Gasteiger partial charge in [0, 0.05) is 25.3 Å². The molecule has 2 unspecified atom stereocenters. The quantitative estimate of drug-likeness (QED) is 0.884. The Kier molecular flexibility index (Phi) is 4.38. The first kappa shape index (κ1) is 14.9. The number of hydrogen-bond acceptors (Lipinski definition) is 5. The van der Waals surface area contributed by atoms with Crippen LogP contribution in [0.3, 0.4) is 0 Å². The summed E-state index contributed by atoms with van der Waals surface area (Å²) in [5.41, 5.74) is 6.21. The molecular formula is C13H18N4O2S. The van der Waals surface area contributed by atoms with Crippen molar-refractivity contribution in [1.82, 2.24) is 9.29 Å². The van der Waals surface area contributed by atoms with Crippen molar-refractivity contribution >= 4 is 10.0 Å². The molecule has 0 radical (unpaired) electrons. The van der Waals surface area contributed by atoms with Gasteiger partial charge in [-0.1, -0.05) is 13.3 Å². The highest BCUT2D eigenvalue weighted by Crippen LogP contribution is 2.24. The molecule has 2 N–H and O–H groups in total. The minimum Gasteiger partial charge on any atom is -0.327 e. The van der Waals surface area contributed by atoms with Crippen LogP contribution in [0.5, 0.6) is 0 Å². The molecule has 1 aliphatic heterocycles. The maximum absolute atomic E-state index is 12.5. The zero-order valence-electron chi connectivity index (χ0n) is 11.4. The van der Waals surface area contributed by atoms with Crippen LogP contribution in [0.2, 0.25) is 0 Å². The highest BCUT2D eigenvalue weighted by molar-refractivity contribution is 7.89. The molecule has 0 spiro atoms. The van der Waals surface area contributed by atoms with Crippen molar-refractivity contribution in [1.29, 1.82) is 5.26 Å². The van der Waals surface area contributed by atoms with Crippen LogP contribution in [0.1, 0.15) is 25.5 Å². The molecule has 0 saturated carbocycles. The molecule has 1 fully saturated rings. The smallest absolute Gasteiger partial charge is 0.244 e. The van der Waals surface area contributed by atoms with Gasteiger partial charge in [-0.15, -0.1) is 0 Å². The Morgan fingerprint density at radius 2 is 2.30 bits per heavy atom. The lowest BCUT2D eigenvalue weighted by atomic mass is 9.92. The fourth-order valence-corrected chi connectivity index (χ4v) is 3.87. The molecule has 2 rings (SSSR count). The topological polar surface area (TPSA) is 100 Å². The van der Waals surface area contributed by atoms with Crippen LogP contribution >= 0.6 is 0 Å². The number of pyridine rings is 1. The van der Waals surface area contributed by atoms with Gasteiger partial charge in [-0.3, -0.25) is 0 Å². The molecule has 2 heterocycles. The summed E-state index contributed by atoms with van der Waals surface area (Å²) >= 11 is 0. The molecule has 2 atom stereocenters. The summed E-state index contributed by atoms with van der Waals surface area (Å²) in [5.74, 6) is 0.185. The van der Waals surface area contributed by atoms with E-state index in [0.29, 0.717) is 19.5 Å². The molecule has 1 aromatic heterocycles. The highest BCUT2D eigenvalue weighted by Gasteiger charge is 2.33. The maximum atomic E-state index is 12.5. The molecule has 0 aromatic carbocycles. The zero-order valence-corrected chi connectivity index (χ0v) is 12.2. The van der Waals surface area contributed by atoms with E-state index in [9.17, 15) is 8.42 Å². The largest absolute Gasteiger partial charge is 0.327 e. The van der Waals surface area contributed by atoms with E-state index in [2.05, 4.69) is 4.98 Å². The normalized spacial score (nSPS) is 24.2. The van der Waals surface area contributed by atoms with E-state index in [0.717, 1.165) is 6.42 Å². The average molecular weight is 294 g/mol. The minimum absolute atomic E-state index is 0.0607. The molecule has 0 amide bonds. The lowest BCUT2D eigenvalue weighted by Gasteiger charge is -2.35. The predicted octanol–water partition coefficient (Wildman–Crippen LogP) is 0.701. The number of sulfonamides is 1. The number of nitrogens with two attached hydrogens (primary N) is 1. The van der Waals surface area contributed by atoms with Crippen molar-refractivity contribution in [3.05, 3.63) is 24.0 Å². The van der Waals surface area contributed by atoms with Crippen molar-refractivity contribution < 1.29 is 8.42 Å². The average Bonchev–Trinajstić information content (AvgIpc) is 2.47. The van der Waals surface area contributed by atoms with Crippen molar-refractivity contribution in [2.45, 2.75) is 30.7 Å². The minimum atomic E-state index is -3.55. The highest BCUT2D eigenvalue weighted by atomic mass is 32.2. The summed E-state index contributed by atoms with van der Waals surface area (Å²) in [6, 6.07) is 4.78. The fraction of sp³-hybridized carbons (Fsp3) is 0.538. The maximum Gasteiger partial charge on any atom is 0.244 e. The monoisotopic (exact) mass is 294 g/mol. The summed E-state index contributed by atoms with van der Waals surface area (Å²) in [5, 5.41) is 8.69. The third kappa shape index (κ3) is 2.82. The van der Waals surface area contributed by atoms with Crippen LogP contribution in [-0.4, -0.2) is 36.8 Å². The van der Waals surface area contributed by atoms with Gasteiger partial charge in [0.1, 0.15) is 16.7 Å². The van der Waals surface area contributed by atoms with E-state index in [4.69, 9.17) is 11.0 Å². The molecule has 1 aliphatic rings. The lowest BCUT2D eigenvalue weighted by molar-refractivity contribution is 0.230. The molecule has 6 nitrogen and oxygen atoms in total. The number of aromatic nitrogens is 1. The van der Waals surface area contributed by atoms with E-state index < -0.39 is 10.0 Å². The van der Waals surface area contributed by atoms with Crippen LogP contribution in [0.25, 0.3) is 0 Å². The number of piperidine rings is 1. The molecule has 20 heavy (non-hydrogen) atoms. The van der Waals surface area contributed by atoms with Gasteiger partial charge in [0.25, 0.3) is 0 Å². The van der Waals surface area contributed by atoms with Crippen molar-refractivity contribution in [2.75, 3.05) is 13.1 Å². The van der Waals surface area contributed by atoms with Gasteiger partial charge in [-0.05, 0) is 24.5 Å². The molecule has 0 bridgehead atoms. The second kappa shape index (κ2) is 5.87. The van der Waals surface area contributed by atoms with E-state index in [-0.39, 0.29) is 22.5 Å². The number of hydrogen-bond donors (Lipinski definition) is 1. The number of nitriles is 1. The number of rotatable bonds is 3. The zero-order chi connectivity index (χ0) is 14.8. The summed E-state index contributed by atoms with van der Waals surface area (Å²) in [4.78, 5) is 3.95. The summed E-state index contributed by atoms with van der Waals surface area (Å²) in [6.45, 7) is 2.89. The molecule has 1 saturated heterocycles. The van der Waals surface area contributed by atoms with Crippen molar-refractivity contribution in [3.63, 3.8) is 0 Å². The van der Waals surface area contributed by atoms with Gasteiger partial charge < -0.3 is 5.73 Å². The summed E-state index contributed by atoms with van der Waals surface area (Å²) in [7, 11) is -3.55. The lowest BCUT2D eigenvalue weighted by Crippen LogP contribution is -2.48. The van der Waals surface area contributed by atoms with Gasteiger partial charge >= 0.3 is 0 Å². The number of nitrogens with zero attached hydrogens (tertiary/aromatic N) is 3. The van der Waals surface area contributed by atoms with Crippen LogP contribution in [0.4, 0.5) is 0 Å². The Hall–Kier alpha value is -1.49. The van der Waals surface area contributed by atoms with E-state index >= 15 is 0 Å². The first-order valence-electron chi connectivity index (χ1n) is 6.61. The second-order valence-electron chi connectivity index (χ2n) is 4.97. The van der Waals surface area contributed by atoms with Gasteiger partial charge in [0.05, 0.1) is 0 Å². The SMILES string of the molecule is CCC1CN(S(=O)(=O)c2ccc(C#N)nc2)CCC1N. The molecule has 0 aliphatic carbocycles. The first-order valence-corrected chi connectivity index (χ1v) is 8.05. The third-order valence-corrected chi connectivity index (χ3v) is 5.62. The Balaban J connectivity index is 2.23. The second-order valence-corrected chi connectivity index (χ2v) is 6.91. The Bertz CT molecular complexity index is 606. The Morgan fingerprint density at radius 1 is 1.55 bits per heavy atom. The van der Waals surface area contributed by atoms with Gasteiger partial charge in [-0.25, -0.2) is 13.4 Å². The van der Waals surface area contributed by atoms with Crippen molar-refractivity contribution in [2.24, 2.45) is 11.7 Å². The molecule has 1 aromatic rings. The standard InChI is InChI=1S/C13H18N4O2S/c1-2-10-9-17(6-5-13(10)15)20(18,19)12-4-3-11(7-14)16-8-12/h3-4,8,10,13H,2,5-6,9,15H2,1H3. The summed E-state index contributed by atoms with van der Waals surface area (Å²) in [6.07, 6.45) is 2.77. The fourth-order valence-electron chi connectivity index (χ4n) is 2.42. The van der Waals surface area contributed by atoms with Crippen LogP contribution in [0, 0.1) is 17.2 Å². The predicted molar refractivity (Wildman–Crippen MR) is 74.1 cm³/mol. The van der Waals surface area contributed by atoms with Crippen LogP contribution < -0.4 is 5.73 Å². The van der Waals surface area contributed by atoms with Crippen LogP contribution in [0.15, 0.2) is 23.2 Å². The molecule has 7 heteroatoms. The van der Waals surface area contributed by atoms with E-state index in [1.54, 1.807) is 0 Å².